The number of nitrogens with zero attached hydrogens (tertiary/aromatic N) is 1. The second kappa shape index (κ2) is 8.23. The Balaban J connectivity index is 1.56. The van der Waals surface area contributed by atoms with E-state index in [4.69, 9.17) is 4.74 Å². The van der Waals surface area contributed by atoms with Gasteiger partial charge in [0.25, 0.3) is 11.8 Å². The topological polar surface area (TPSA) is 58.6 Å². The van der Waals surface area contributed by atoms with Gasteiger partial charge in [-0.2, -0.15) is 0 Å². The standard InChI is InChI=1S/C23H25FN2O3/c1-15-23(28)26(20-5-3-2-4-6-20)14-17-13-19(11-12-21(17)29-15)25-22(27)16-7-9-18(24)10-8-16/h7-13,15,20H,2-6,14H2,1H3,(H,25,27). The molecule has 1 aliphatic heterocycles. The zero-order valence-corrected chi connectivity index (χ0v) is 16.5. The smallest absolute Gasteiger partial charge is 0.263 e. The van der Waals surface area contributed by atoms with Crippen molar-refractivity contribution in [3.63, 3.8) is 0 Å². The summed E-state index contributed by atoms with van der Waals surface area (Å²) in [4.78, 5) is 27.3. The fraction of sp³-hybridized carbons (Fsp3) is 0.391. The molecule has 0 radical (unpaired) electrons. The van der Waals surface area contributed by atoms with Crippen molar-refractivity contribution in [2.45, 2.75) is 57.7 Å². The highest BCUT2D eigenvalue weighted by Gasteiger charge is 2.33. The lowest BCUT2D eigenvalue weighted by atomic mass is 9.93. The monoisotopic (exact) mass is 396 g/mol. The van der Waals surface area contributed by atoms with Crippen molar-refractivity contribution in [1.82, 2.24) is 4.90 Å². The van der Waals surface area contributed by atoms with E-state index in [-0.39, 0.29) is 23.7 Å². The molecule has 1 fully saturated rings. The van der Waals surface area contributed by atoms with Crippen molar-refractivity contribution >= 4 is 17.5 Å². The fourth-order valence-electron chi connectivity index (χ4n) is 4.14. The molecular formula is C23H25FN2O3. The average molecular weight is 396 g/mol. The van der Waals surface area contributed by atoms with Gasteiger partial charge in [-0.05, 0) is 62.2 Å². The number of halogens is 1. The zero-order valence-electron chi connectivity index (χ0n) is 16.5. The molecule has 1 N–H and O–H groups in total. The SMILES string of the molecule is CC1Oc2ccc(NC(=O)c3ccc(F)cc3)cc2CN(C2CCCCC2)C1=O. The molecule has 0 spiro atoms. The molecule has 6 heteroatoms. The van der Waals surface area contributed by atoms with Crippen LogP contribution in [0.15, 0.2) is 42.5 Å². The fourth-order valence-corrected chi connectivity index (χ4v) is 4.14. The molecule has 1 saturated carbocycles. The summed E-state index contributed by atoms with van der Waals surface area (Å²) in [5.41, 5.74) is 1.88. The lowest BCUT2D eigenvalue weighted by molar-refractivity contribution is -0.140. The molecule has 2 aliphatic rings. The maximum Gasteiger partial charge on any atom is 0.263 e. The molecule has 1 aliphatic carbocycles. The predicted octanol–water partition coefficient (Wildman–Crippen LogP) is 4.52. The van der Waals surface area contributed by atoms with Gasteiger partial charge in [0.05, 0.1) is 0 Å². The largest absolute Gasteiger partial charge is 0.481 e. The molecule has 152 valence electrons. The Kier molecular flexibility index (Phi) is 5.51. The van der Waals surface area contributed by atoms with Gasteiger partial charge in [0.2, 0.25) is 0 Å². The van der Waals surface area contributed by atoms with Crippen LogP contribution in [0.2, 0.25) is 0 Å². The van der Waals surface area contributed by atoms with Gasteiger partial charge in [-0.1, -0.05) is 19.3 Å². The van der Waals surface area contributed by atoms with Crippen molar-refractivity contribution in [2.24, 2.45) is 0 Å². The van der Waals surface area contributed by atoms with E-state index >= 15 is 0 Å². The van der Waals surface area contributed by atoms with Gasteiger partial charge < -0.3 is 15.0 Å². The number of nitrogens with one attached hydrogen (secondary N) is 1. The minimum Gasteiger partial charge on any atom is -0.481 e. The molecule has 1 heterocycles. The molecule has 2 amide bonds. The van der Waals surface area contributed by atoms with Gasteiger partial charge in [0.15, 0.2) is 6.10 Å². The van der Waals surface area contributed by atoms with Gasteiger partial charge in [-0.15, -0.1) is 0 Å². The van der Waals surface area contributed by atoms with Gasteiger partial charge in [-0.3, -0.25) is 9.59 Å². The number of hydrogen-bond donors (Lipinski definition) is 1. The van der Waals surface area contributed by atoms with E-state index in [1.807, 2.05) is 11.0 Å². The van der Waals surface area contributed by atoms with Crippen LogP contribution in [-0.2, 0) is 11.3 Å². The molecule has 0 saturated heterocycles. The Morgan fingerprint density at radius 1 is 1.10 bits per heavy atom. The molecule has 5 nitrogen and oxygen atoms in total. The normalized spacial score (nSPS) is 19.9. The van der Waals surface area contributed by atoms with Crippen LogP contribution in [0, 0.1) is 5.82 Å². The summed E-state index contributed by atoms with van der Waals surface area (Å²) in [6.07, 6.45) is 5.02. The van der Waals surface area contributed by atoms with Crippen LogP contribution in [0.1, 0.15) is 54.9 Å². The van der Waals surface area contributed by atoms with Crippen molar-refractivity contribution in [2.75, 3.05) is 5.32 Å². The van der Waals surface area contributed by atoms with E-state index in [0.29, 0.717) is 23.5 Å². The van der Waals surface area contributed by atoms with Crippen molar-refractivity contribution in [3.05, 3.63) is 59.4 Å². The number of carbonyl (C=O) groups excluding carboxylic acids is 2. The Morgan fingerprint density at radius 3 is 2.55 bits per heavy atom. The summed E-state index contributed by atoms with van der Waals surface area (Å²) >= 11 is 0. The van der Waals surface area contributed by atoms with E-state index in [1.54, 1.807) is 19.1 Å². The minimum absolute atomic E-state index is 0.0185. The number of ether oxygens (including phenoxy) is 1. The first-order valence-corrected chi connectivity index (χ1v) is 10.2. The molecule has 4 rings (SSSR count). The molecule has 0 aromatic heterocycles. The summed E-state index contributed by atoms with van der Waals surface area (Å²) < 4.78 is 19.0. The van der Waals surface area contributed by atoms with Crippen molar-refractivity contribution < 1.29 is 18.7 Å². The Hall–Kier alpha value is -2.89. The van der Waals surface area contributed by atoms with E-state index in [1.165, 1.54) is 30.7 Å². The first-order valence-electron chi connectivity index (χ1n) is 10.2. The van der Waals surface area contributed by atoms with Gasteiger partial charge in [-0.25, -0.2) is 4.39 Å². The average Bonchev–Trinajstić information content (AvgIpc) is 2.85. The van der Waals surface area contributed by atoms with Crippen LogP contribution >= 0.6 is 0 Å². The summed E-state index contributed by atoms with van der Waals surface area (Å²) in [6, 6.07) is 11.1. The van der Waals surface area contributed by atoms with Gasteiger partial charge in [0, 0.05) is 29.4 Å². The Morgan fingerprint density at radius 2 is 1.83 bits per heavy atom. The summed E-state index contributed by atoms with van der Waals surface area (Å²) in [5.74, 6) is -0.00710. The Bertz CT molecular complexity index is 907. The van der Waals surface area contributed by atoms with E-state index in [9.17, 15) is 14.0 Å². The number of benzene rings is 2. The lowest BCUT2D eigenvalue weighted by Crippen LogP contribution is -2.45. The third-order valence-electron chi connectivity index (χ3n) is 5.72. The minimum atomic E-state index is -0.530. The number of hydrogen-bond acceptors (Lipinski definition) is 3. The van der Waals surface area contributed by atoms with Crippen LogP contribution in [0.25, 0.3) is 0 Å². The maximum atomic E-state index is 13.1. The second-order valence-corrected chi connectivity index (χ2v) is 7.80. The second-order valence-electron chi connectivity index (χ2n) is 7.80. The Labute approximate surface area is 169 Å². The molecule has 2 aromatic rings. The summed E-state index contributed by atoms with van der Waals surface area (Å²) in [5, 5.41) is 2.84. The van der Waals surface area contributed by atoms with E-state index in [0.717, 1.165) is 31.2 Å². The number of anilines is 1. The number of amides is 2. The van der Waals surface area contributed by atoms with Crippen molar-refractivity contribution in [1.29, 1.82) is 0 Å². The first-order chi connectivity index (χ1) is 14.0. The highest BCUT2D eigenvalue weighted by molar-refractivity contribution is 6.04. The number of fused-ring (bicyclic) bond motifs is 1. The van der Waals surface area contributed by atoms with Crippen LogP contribution < -0.4 is 10.1 Å². The van der Waals surface area contributed by atoms with Crippen LogP contribution in [0.4, 0.5) is 10.1 Å². The van der Waals surface area contributed by atoms with Crippen LogP contribution in [0.3, 0.4) is 0 Å². The van der Waals surface area contributed by atoms with Crippen LogP contribution in [0.5, 0.6) is 5.75 Å². The summed E-state index contributed by atoms with van der Waals surface area (Å²) in [7, 11) is 0. The molecule has 1 atom stereocenters. The molecular weight excluding hydrogens is 371 g/mol. The number of rotatable bonds is 3. The first kappa shape index (κ1) is 19.4. The van der Waals surface area contributed by atoms with E-state index in [2.05, 4.69) is 5.32 Å². The van der Waals surface area contributed by atoms with Gasteiger partial charge >= 0.3 is 0 Å². The molecule has 1 unspecified atom stereocenters. The third-order valence-corrected chi connectivity index (χ3v) is 5.72. The highest BCUT2D eigenvalue weighted by atomic mass is 19.1. The molecule has 0 bridgehead atoms. The maximum absolute atomic E-state index is 13.1. The quantitative estimate of drug-likeness (QED) is 0.830. The van der Waals surface area contributed by atoms with E-state index < -0.39 is 6.10 Å². The predicted molar refractivity (Wildman–Crippen MR) is 108 cm³/mol. The lowest BCUT2D eigenvalue weighted by Gasteiger charge is -2.34. The number of carbonyl (C=O) groups is 2. The zero-order chi connectivity index (χ0) is 20.4. The summed E-state index contributed by atoms with van der Waals surface area (Å²) in [6.45, 7) is 2.26. The third kappa shape index (κ3) is 4.26. The molecule has 2 aromatic carbocycles. The highest BCUT2D eigenvalue weighted by Crippen LogP contribution is 2.32. The van der Waals surface area contributed by atoms with Gasteiger partial charge in [0.1, 0.15) is 11.6 Å². The van der Waals surface area contributed by atoms with Crippen molar-refractivity contribution in [3.8, 4) is 5.75 Å². The van der Waals surface area contributed by atoms with Crippen LogP contribution in [-0.4, -0.2) is 28.9 Å². The molecule has 29 heavy (non-hydrogen) atoms.